The number of rotatable bonds is 9. The van der Waals surface area contributed by atoms with E-state index >= 15 is 4.39 Å². The van der Waals surface area contributed by atoms with Crippen LogP contribution in [0.2, 0.25) is 0 Å². The van der Waals surface area contributed by atoms with Crippen molar-refractivity contribution in [3.8, 4) is 11.3 Å². The number of carbonyl (C=O) groups is 3. The van der Waals surface area contributed by atoms with Crippen molar-refractivity contribution >= 4 is 34.4 Å². The Morgan fingerprint density at radius 3 is 2.52 bits per heavy atom. The summed E-state index contributed by atoms with van der Waals surface area (Å²) >= 11 is 0. The first kappa shape index (κ1) is 37.1. The molecule has 0 spiro atoms. The highest BCUT2D eigenvalue weighted by molar-refractivity contribution is 6.05. The number of alkyl halides is 2. The van der Waals surface area contributed by atoms with Gasteiger partial charge in [0.05, 0.1) is 29.0 Å². The summed E-state index contributed by atoms with van der Waals surface area (Å²) < 4.78 is 57.3. The molecule has 3 aromatic heterocycles. The molecule has 5 aromatic rings. The molecule has 2 atom stereocenters. The largest absolute Gasteiger partial charge is 0.363 e. The molecule has 0 radical (unpaired) electrons. The second-order valence-corrected chi connectivity index (χ2v) is 14.7. The van der Waals surface area contributed by atoms with Crippen molar-refractivity contribution in [2.75, 3.05) is 18.4 Å². The molecule has 1 unspecified atom stereocenters. The maximum absolute atomic E-state index is 15.5. The predicted octanol–water partition coefficient (Wildman–Crippen LogP) is 6.92. The second-order valence-electron chi connectivity index (χ2n) is 14.7. The second kappa shape index (κ2) is 15.0. The van der Waals surface area contributed by atoms with Crippen molar-refractivity contribution in [1.29, 1.82) is 0 Å². The average Bonchev–Trinajstić information content (AvgIpc) is 3.48. The third-order valence-electron chi connectivity index (χ3n) is 11.0. The Kier molecular flexibility index (Phi) is 9.95. The predicted molar refractivity (Wildman–Crippen MR) is 198 cm³/mol. The Bertz CT molecular complexity index is 2390. The molecule has 0 saturated carbocycles. The fourth-order valence-electron chi connectivity index (χ4n) is 8.07. The van der Waals surface area contributed by atoms with E-state index in [1.54, 1.807) is 38.5 Å². The lowest BCUT2D eigenvalue weighted by atomic mass is 9.87. The van der Waals surface area contributed by atoms with Crippen molar-refractivity contribution in [3.05, 3.63) is 112 Å². The van der Waals surface area contributed by atoms with Crippen LogP contribution in [0.4, 0.5) is 23.4 Å². The van der Waals surface area contributed by atoms with Crippen molar-refractivity contribution in [2.24, 2.45) is 0 Å². The van der Waals surface area contributed by atoms with Gasteiger partial charge < -0.3 is 10.2 Å². The minimum absolute atomic E-state index is 0.0383. The van der Waals surface area contributed by atoms with Gasteiger partial charge in [0.15, 0.2) is 0 Å². The van der Waals surface area contributed by atoms with Gasteiger partial charge in [-0.15, -0.1) is 0 Å². The van der Waals surface area contributed by atoms with Crippen LogP contribution in [-0.4, -0.2) is 66.6 Å². The number of likely N-dealkylation sites (tertiary alicyclic amines) is 1. The molecule has 3 aliphatic rings. The van der Waals surface area contributed by atoms with E-state index in [0.717, 1.165) is 17.2 Å². The number of nitrogens with one attached hydrogen (secondary N) is 2. The van der Waals surface area contributed by atoms with Gasteiger partial charge in [0.2, 0.25) is 11.8 Å². The monoisotopic (exact) mass is 766 g/mol. The average molecular weight is 767 g/mol. The van der Waals surface area contributed by atoms with Gasteiger partial charge in [0.1, 0.15) is 29.3 Å². The number of amides is 3. The summed E-state index contributed by atoms with van der Waals surface area (Å²) in [6.45, 7) is 5.64. The Hall–Kier alpha value is -5.83. The Labute approximate surface area is 319 Å². The number of aromatic nitrogens is 4. The first-order valence-electron chi connectivity index (χ1n) is 18.5. The van der Waals surface area contributed by atoms with Crippen LogP contribution in [0.1, 0.15) is 95.0 Å². The number of piperidine rings is 2. The van der Waals surface area contributed by atoms with E-state index < -0.39 is 47.5 Å². The number of pyridine rings is 2. The Morgan fingerprint density at radius 2 is 1.75 bits per heavy atom. The third-order valence-corrected chi connectivity index (χ3v) is 11.0. The van der Waals surface area contributed by atoms with Crippen molar-refractivity contribution < 1.29 is 31.9 Å². The van der Waals surface area contributed by atoms with Crippen molar-refractivity contribution in [1.82, 2.24) is 35.1 Å². The lowest BCUT2D eigenvalue weighted by molar-refractivity contribution is -0.136. The standard InChI is InChI=1S/C41H38F4N8O3/c1-21(27-4-3-5-28(37(27)43)38(44)45)48-39-31-15-33(47-18-34(31)49-22(2)50-39)25-12-23(16-46-17-25)19-52-10-8-24(9-11-52)29-13-26-20-53(41(56)30(26)14-32(29)42)35-6-7-36(54)51-40(35)55/h3-5,12-18,21,24,35,38H,6-11,19-20H2,1-2H3,(H,48,49,50)(H,51,54,55)/t21-,35?/m1/s1. The summed E-state index contributed by atoms with van der Waals surface area (Å²) in [4.78, 5) is 59.1. The first-order valence-corrected chi connectivity index (χ1v) is 18.5. The fraction of sp³-hybridized carbons (Fsp3) is 0.341. The molecule has 2 N–H and O–H groups in total. The molecule has 15 heteroatoms. The molecule has 2 aromatic carbocycles. The van der Waals surface area contributed by atoms with E-state index in [0.29, 0.717) is 71.8 Å². The number of anilines is 1. The van der Waals surface area contributed by atoms with Gasteiger partial charge in [-0.05, 0) is 87.0 Å². The summed E-state index contributed by atoms with van der Waals surface area (Å²) in [5.74, 6) is -1.81. The van der Waals surface area contributed by atoms with Crippen LogP contribution in [0.5, 0.6) is 0 Å². The number of benzene rings is 2. The van der Waals surface area contributed by atoms with Gasteiger partial charge in [-0.1, -0.05) is 24.3 Å². The molecule has 6 heterocycles. The molecule has 3 aliphatic heterocycles. The van der Waals surface area contributed by atoms with Crippen molar-refractivity contribution in [3.63, 3.8) is 0 Å². The highest BCUT2D eigenvalue weighted by atomic mass is 19.3. The highest BCUT2D eigenvalue weighted by Crippen LogP contribution is 2.36. The van der Waals surface area contributed by atoms with E-state index in [4.69, 9.17) is 0 Å². The number of nitrogens with zero attached hydrogens (tertiary/aromatic N) is 6. The molecule has 56 heavy (non-hydrogen) atoms. The van der Waals surface area contributed by atoms with Gasteiger partial charge in [-0.3, -0.25) is 34.6 Å². The molecule has 8 rings (SSSR count). The van der Waals surface area contributed by atoms with Crippen LogP contribution >= 0.6 is 0 Å². The maximum Gasteiger partial charge on any atom is 0.266 e. The summed E-state index contributed by atoms with van der Waals surface area (Å²) in [7, 11) is 0. The van der Waals surface area contributed by atoms with E-state index in [-0.39, 0.29) is 42.3 Å². The SMILES string of the molecule is Cc1nc(N[C@H](C)c2cccc(C(F)F)c2F)c2cc(-c3cncc(CN4CCC(c5cc6c(cc5F)C(=O)N(C5CCC(=O)NC5=O)C6)CC4)c3)ncc2n1. The maximum atomic E-state index is 15.5. The van der Waals surface area contributed by atoms with E-state index in [1.807, 2.05) is 12.1 Å². The van der Waals surface area contributed by atoms with Gasteiger partial charge in [0.25, 0.3) is 12.3 Å². The third kappa shape index (κ3) is 7.18. The number of halogens is 4. The zero-order valence-corrected chi connectivity index (χ0v) is 30.7. The van der Waals surface area contributed by atoms with Gasteiger partial charge in [0, 0.05) is 54.0 Å². The summed E-state index contributed by atoms with van der Waals surface area (Å²) in [5.41, 5.74) is 3.85. The highest BCUT2D eigenvalue weighted by Gasteiger charge is 2.40. The van der Waals surface area contributed by atoms with Gasteiger partial charge in [-0.25, -0.2) is 27.5 Å². The Balaban J connectivity index is 0.945. The number of aryl methyl sites for hydroxylation is 1. The van der Waals surface area contributed by atoms with E-state index in [2.05, 4.69) is 35.5 Å². The molecular formula is C41H38F4N8O3. The minimum Gasteiger partial charge on any atom is -0.363 e. The van der Waals surface area contributed by atoms with Crippen LogP contribution in [0.3, 0.4) is 0 Å². The molecule has 2 fully saturated rings. The fourth-order valence-corrected chi connectivity index (χ4v) is 8.07. The smallest absolute Gasteiger partial charge is 0.266 e. The van der Waals surface area contributed by atoms with Crippen LogP contribution in [0, 0.1) is 18.6 Å². The number of hydrogen-bond acceptors (Lipinski definition) is 9. The molecule has 0 bridgehead atoms. The van der Waals surface area contributed by atoms with E-state index in [9.17, 15) is 27.6 Å². The topological polar surface area (TPSA) is 133 Å². The number of carbonyl (C=O) groups excluding carboxylic acids is 3. The number of fused-ring (bicyclic) bond motifs is 2. The molecule has 3 amide bonds. The van der Waals surface area contributed by atoms with Crippen molar-refractivity contribution in [2.45, 2.75) is 77.0 Å². The summed E-state index contributed by atoms with van der Waals surface area (Å²) in [5, 5.41) is 6.11. The minimum atomic E-state index is -2.94. The first-order chi connectivity index (χ1) is 26.9. The molecule has 0 aliphatic carbocycles. The lowest BCUT2D eigenvalue weighted by Gasteiger charge is -2.32. The quantitative estimate of drug-likeness (QED) is 0.121. The zero-order chi connectivity index (χ0) is 39.2. The summed E-state index contributed by atoms with van der Waals surface area (Å²) in [6, 6.07) is 9.41. The van der Waals surface area contributed by atoms with Crippen LogP contribution < -0.4 is 10.6 Å². The zero-order valence-electron chi connectivity index (χ0n) is 30.7. The van der Waals surface area contributed by atoms with Crippen LogP contribution in [-0.2, 0) is 22.7 Å². The Morgan fingerprint density at radius 1 is 0.964 bits per heavy atom. The van der Waals surface area contributed by atoms with E-state index in [1.165, 1.54) is 23.1 Å². The lowest BCUT2D eigenvalue weighted by Crippen LogP contribution is -2.52. The summed E-state index contributed by atoms with van der Waals surface area (Å²) in [6.07, 6.45) is 4.02. The number of imide groups is 1. The van der Waals surface area contributed by atoms with Crippen LogP contribution in [0.25, 0.3) is 22.2 Å². The van der Waals surface area contributed by atoms with Crippen LogP contribution in [0.15, 0.2) is 61.1 Å². The number of hydrogen-bond donors (Lipinski definition) is 2. The molecule has 2 saturated heterocycles. The molecular weight excluding hydrogens is 728 g/mol. The molecule has 288 valence electrons. The molecule has 11 nitrogen and oxygen atoms in total. The van der Waals surface area contributed by atoms with Gasteiger partial charge in [-0.2, -0.15) is 0 Å². The van der Waals surface area contributed by atoms with Gasteiger partial charge >= 0.3 is 0 Å². The normalized spacial score (nSPS) is 18.4.